The van der Waals surface area contributed by atoms with Gasteiger partial charge in [-0.05, 0) is 36.6 Å². The largest absolute Gasteiger partial charge is 0.496 e. The van der Waals surface area contributed by atoms with Crippen molar-refractivity contribution in [3.05, 3.63) is 59.7 Å². The average molecular weight is 383 g/mol. The van der Waals surface area contributed by atoms with Crippen LogP contribution in [0.3, 0.4) is 0 Å². The number of ether oxygens (including phenoxy) is 3. The van der Waals surface area contributed by atoms with Gasteiger partial charge in [0.1, 0.15) is 18.1 Å². The van der Waals surface area contributed by atoms with Crippen molar-refractivity contribution >= 4 is 0 Å². The van der Waals surface area contributed by atoms with Crippen molar-refractivity contribution in [1.82, 2.24) is 10.2 Å². The summed E-state index contributed by atoms with van der Waals surface area (Å²) in [6, 6.07) is 17.1. The average Bonchev–Trinajstić information content (AvgIpc) is 3.27. The molecule has 2 unspecified atom stereocenters. The summed E-state index contributed by atoms with van der Waals surface area (Å²) in [7, 11) is 1.74. The molecule has 0 spiro atoms. The molecule has 0 bridgehead atoms. The molecular weight excluding hydrogens is 352 g/mol. The highest BCUT2D eigenvalue weighted by Gasteiger charge is 2.26. The van der Waals surface area contributed by atoms with E-state index in [2.05, 4.69) is 46.6 Å². The fourth-order valence-corrected chi connectivity index (χ4v) is 4.07. The summed E-state index contributed by atoms with van der Waals surface area (Å²) < 4.78 is 17.1. The van der Waals surface area contributed by atoms with E-state index in [1.165, 1.54) is 11.1 Å². The molecule has 150 valence electrons. The first-order valence-corrected chi connectivity index (χ1v) is 10.2. The topological polar surface area (TPSA) is 43.0 Å². The zero-order valence-electron chi connectivity index (χ0n) is 16.6. The van der Waals surface area contributed by atoms with Gasteiger partial charge < -0.3 is 19.5 Å². The van der Waals surface area contributed by atoms with Crippen LogP contribution in [0.4, 0.5) is 0 Å². The second kappa shape index (κ2) is 9.41. The number of hydrogen-bond donors (Lipinski definition) is 1. The van der Waals surface area contributed by atoms with Crippen molar-refractivity contribution in [3.8, 4) is 11.5 Å². The maximum Gasteiger partial charge on any atom is 0.123 e. The Bertz CT molecular complexity index is 744. The number of benzene rings is 2. The monoisotopic (exact) mass is 382 g/mol. The molecule has 2 aromatic rings. The Morgan fingerprint density at radius 3 is 2.79 bits per heavy atom. The lowest BCUT2D eigenvalue weighted by atomic mass is 10.0. The lowest BCUT2D eigenvalue weighted by Gasteiger charge is -2.37. The second-order valence-electron chi connectivity index (χ2n) is 7.52. The summed E-state index contributed by atoms with van der Waals surface area (Å²) in [4.78, 5) is 2.52. The van der Waals surface area contributed by atoms with Crippen molar-refractivity contribution in [2.24, 2.45) is 0 Å². The van der Waals surface area contributed by atoms with Crippen molar-refractivity contribution in [2.45, 2.75) is 31.5 Å². The van der Waals surface area contributed by atoms with Gasteiger partial charge in [-0.3, -0.25) is 4.90 Å². The number of hydrogen-bond acceptors (Lipinski definition) is 5. The third-order valence-electron chi connectivity index (χ3n) is 5.62. The summed E-state index contributed by atoms with van der Waals surface area (Å²) in [6.07, 6.45) is 2.50. The van der Waals surface area contributed by atoms with Crippen LogP contribution < -0.4 is 14.8 Å². The summed E-state index contributed by atoms with van der Waals surface area (Å²) >= 11 is 0. The molecule has 28 heavy (non-hydrogen) atoms. The lowest BCUT2D eigenvalue weighted by Crippen LogP contribution is -2.45. The molecule has 5 nitrogen and oxygen atoms in total. The van der Waals surface area contributed by atoms with E-state index in [0.717, 1.165) is 57.1 Å². The molecule has 0 radical (unpaired) electrons. The van der Waals surface area contributed by atoms with E-state index in [1.54, 1.807) is 7.11 Å². The molecule has 0 aliphatic carbocycles. The van der Waals surface area contributed by atoms with E-state index >= 15 is 0 Å². The standard InChI is InChI=1S/C23H30N2O3/c1-26-23-7-3-2-6-21(23)22-15-24-12-13-25(22)16-18-8-10-19(11-9-18)28-17-20-5-4-14-27-20/h2-3,6-11,20,22,24H,4-5,12-17H2,1H3. The van der Waals surface area contributed by atoms with Gasteiger partial charge in [0.25, 0.3) is 0 Å². The summed E-state index contributed by atoms with van der Waals surface area (Å²) in [5.41, 5.74) is 2.54. The highest BCUT2D eigenvalue weighted by molar-refractivity contribution is 5.37. The number of methoxy groups -OCH3 is 1. The Balaban J connectivity index is 1.40. The molecule has 2 atom stereocenters. The van der Waals surface area contributed by atoms with Gasteiger partial charge in [0.15, 0.2) is 0 Å². The minimum Gasteiger partial charge on any atom is -0.496 e. The van der Waals surface area contributed by atoms with Gasteiger partial charge in [0.2, 0.25) is 0 Å². The van der Waals surface area contributed by atoms with E-state index < -0.39 is 0 Å². The van der Waals surface area contributed by atoms with Gasteiger partial charge in [-0.15, -0.1) is 0 Å². The summed E-state index contributed by atoms with van der Waals surface area (Å²) in [5, 5.41) is 3.52. The minimum absolute atomic E-state index is 0.252. The Morgan fingerprint density at radius 1 is 1.14 bits per heavy atom. The van der Waals surface area contributed by atoms with Crippen LogP contribution in [-0.2, 0) is 11.3 Å². The van der Waals surface area contributed by atoms with Crippen LogP contribution in [0.1, 0.15) is 30.0 Å². The maximum atomic E-state index is 5.89. The normalized spacial score (nSPS) is 22.9. The zero-order valence-corrected chi connectivity index (χ0v) is 16.6. The first-order valence-electron chi connectivity index (χ1n) is 10.2. The Labute approximate surface area is 167 Å². The quantitative estimate of drug-likeness (QED) is 0.795. The number of nitrogens with zero attached hydrogens (tertiary/aromatic N) is 1. The molecule has 2 aliphatic heterocycles. The van der Waals surface area contributed by atoms with Crippen molar-refractivity contribution < 1.29 is 14.2 Å². The van der Waals surface area contributed by atoms with Gasteiger partial charge in [-0.1, -0.05) is 30.3 Å². The maximum absolute atomic E-state index is 5.89. The van der Waals surface area contributed by atoms with Crippen molar-refractivity contribution in [2.75, 3.05) is 40.0 Å². The van der Waals surface area contributed by atoms with Crippen LogP contribution in [0, 0.1) is 0 Å². The molecule has 2 aliphatic rings. The van der Waals surface area contributed by atoms with E-state index in [9.17, 15) is 0 Å². The van der Waals surface area contributed by atoms with E-state index in [1.807, 2.05) is 12.1 Å². The van der Waals surface area contributed by atoms with Crippen LogP contribution >= 0.6 is 0 Å². The third-order valence-corrected chi connectivity index (χ3v) is 5.62. The molecule has 0 saturated carbocycles. The Hall–Kier alpha value is -2.08. The molecule has 0 aromatic heterocycles. The highest BCUT2D eigenvalue weighted by atomic mass is 16.5. The van der Waals surface area contributed by atoms with E-state index in [4.69, 9.17) is 14.2 Å². The lowest BCUT2D eigenvalue weighted by molar-refractivity contribution is 0.0679. The third kappa shape index (κ3) is 4.66. The fraction of sp³-hybridized carbons (Fsp3) is 0.478. The predicted molar refractivity (Wildman–Crippen MR) is 110 cm³/mol. The van der Waals surface area contributed by atoms with Crippen molar-refractivity contribution in [3.63, 3.8) is 0 Å². The molecule has 2 aromatic carbocycles. The second-order valence-corrected chi connectivity index (χ2v) is 7.52. The number of piperazine rings is 1. The van der Waals surface area contributed by atoms with Crippen LogP contribution in [0.25, 0.3) is 0 Å². The van der Waals surface area contributed by atoms with Crippen LogP contribution in [-0.4, -0.2) is 51.0 Å². The molecule has 0 amide bonds. The molecule has 2 heterocycles. The van der Waals surface area contributed by atoms with Gasteiger partial charge in [0, 0.05) is 38.3 Å². The number of nitrogens with one attached hydrogen (secondary N) is 1. The van der Waals surface area contributed by atoms with Gasteiger partial charge in [-0.25, -0.2) is 0 Å². The molecule has 2 saturated heterocycles. The molecule has 1 N–H and O–H groups in total. The first kappa shape index (κ1) is 19.2. The predicted octanol–water partition coefficient (Wildman–Crippen LogP) is 3.40. The smallest absolute Gasteiger partial charge is 0.123 e. The summed E-state index contributed by atoms with van der Waals surface area (Å²) in [6.45, 7) is 5.38. The van der Waals surface area contributed by atoms with Crippen LogP contribution in [0.5, 0.6) is 11.5 Å². The van der Waals surface area contributed by atoms with Gasteiger partial charge in [0.05, 0.1) is 19.3 Å². The van der Waals surface area contributed by atoms with Crippen LogP contribution in [0.2, 0.25) is 0 Å². The van der Waals surface area contributed by atoms with Crippen molar-refractivity contribution in [1.29, 1.82) is 0 Å². The first-order chi connectivity index (χ1) is 13.8. The van der Waals surface area contributed by atoms with E-state index in [-0.39, 0.29) is 6.10 Å². The Kier molecular flexibility index (Phi) is 6.47. The highest BCUT2D eigenvalue weighted by Crippen LogP contribution is 2.31. The van der Waals surface area contributed by atoms with E-state index in [0.29, 0.717) is 12.6 Å². The minimum atomic E-state index is 0.252. The van der Waals surface area contributed by atoms with Gasteiger partial charge >= 0.3 is 0 Å². The SMILES string of the molecule is COc1ccccc1C1CNCCN1Cc1ccc(OCC2CCCO2)cc1. The Morgan fingerprint density at radius 2 is 2.00 bits per heavy atom. The fourth-order valence-electron chi connectivity index (χ4n) is 4.07. The number of rotatable bonds is 7. The molecule has 5 heteroatoms. The molecule has 4 rings (SSSR count). The van der Waals surface area contributed by atoms with Gasteiger partial charge in [-0.2, -0.15) is 0 Å². The molecular formula is C23H30N2O3. The van der Waals surface area contributed by atoms with Crippen LogP contribution in [0.15, 0.2) is 48.5 Å². The molecule has 2 fully saturated rings. The number of para-hydroxylation sites is 1. The summed E-state index contributed by atoms with van der Waals surface area (Å²) in [5.74, 6) is 1.87. The zero-order chi connectivity index (χ0) is 19.2.